The Labute approximate surface area is 146 Å². The SMILES string of the molecule is O=Cc1cccc(CN(Cc2ccccn2)Cc2ccccn2)c1O. The first-order valence-corrected chi connectivity index (χ1v) is 8.04. The van der Waals surface area contributed by atoms with Crippen molar-refractivity contribution in [3.05, 3.63) is 89.5 Å². The van der Waals surface area contributed by atoms with Gasteiger partial charge in [-0.2, -0.15) is 0 Å². The summed E-state index contributed by atoms with van der Waals surface area (Å²) in [5.74, 6) is 0.0320. The number of phenols is 1. The van der Waals surface area contributed by atoms with Crippen molar-refractivity contribution in [1.82, 2.24) is 14.9 Å². The van der Waals surface area contributed by atoms with Crippen molar-refractivity contribution in [1.29, 1.82) is 0 Å². The summed E-state index contributed by atoms with van der Waals surface area (Å²) in [5.41, 5.74) is 2.87. The van der Waals surface area contributed by atoms with Gasteiger partial charge in [0.25, 0.3) is 0 Å². The number of benzene rings is 1. The predicted molar refractivity (Wildman–Crippen MR) is 94.9 cm³/mol. The Morgan fingerprint density at radius 2 is 1.48 bits per heavy atom. The van der Waals surface area contributed by atoms with Gasteiger partial charge in [-0.05, 0) is 30.3 Å². The molecule has 2 heterocycles. The highest BCUT2D eigenvalue weighted by atomic mass is 16.3. The first kappa shape index (κ1) is 16.8. The summed E-state index contributed by atoms with van der Waals surface area (Å²) >= 11 is 0. The summed E-state index contributed by atoms with van der Waals surface area (Å²) in [6.45, 7) is 1.71. The highest BCUT2D eigenvalue weighted by molar-refractivity contribution is 5.79. The first-order chi connectivity index (χ1) is 12.3. The Kier molecular flexibility index (Phi) is 5.49. The number of nitrogens with zero attached hydrogens (tertiary/aromatic N) is 3. The van der Waals surface area contributed by atoms with Gasteiger partial charge >= 0.3 is 0 Å². The molecule has 0 saturated heterocycles. The second kappa shape index (κ2) is 8.17. The fourth-order valence-corrected chi connectivity index (χ4v) is 2.68. The minimum absolute atomic E-state index is 0.0320. The number of aromatic nitrogens is 2. The van der Waals surface area contributed by atoms with Crippen LogP contribution in [0.4, 0.5) is 0 Å². The lowest BCUT2D eigenvalue weighted by Gasteiger charge is -2.22. The van der Waals surface area contributed by atoms with Crippen molar-refractivity contribution in [3.8, 4) is 5.75 Å². The number of aromatic hydroxyl groups is 1. The third kappa shape index (κ3) is 4.49. The van der Waals surface area contributed by atoms with Gasteiger partial charge in [-0.1, -0.05) is 24.3 Å². The third-order valence-corrected chi connectivity index (χ3v) is 3.90. The van der Waals surface area contributed by atoms with Gasteiger partial charge in [0.2, 0.25) is 0 Å². The molecule has 0 spiro atoms. The van der Waals surface area contributed by atoms with Gasteiger partial charge in [-0.15, -0.1) is 0 Å². The maximum Gasteiger partial charge on any atom is 0.153 e. The molecular formula is C20H19N3O2. The largest absolute Gasteiger partial charge is 0.507 e. The molecule has 0 bridgehead atoms. The molecule has 0 aliphatic carbocycles. The predicted octanol–water partition coefficient (Wildman–Crippen LogP) is 3.20. The van der Waals surface area contributed by atoms with Crippen molar-refractivity contribution >= 4 is 6.29 Å². The van der Waals surface area contributed by atoms with Crippen LogP contribution in [0.2, 0.25) is 0 Å². The molecule has 25 heavy (non-hydrogen) atoms. The van der Waals surface area contributed by atoms with E-state index in [0.717, 1.165) is 11.4 Å². The number of hydrogen-bond acceptors (Lipinski definition) is 5. The van der Waals surface area contributed by atoms with Gasteiger partial charge in [0.05, 0.1) is 17.0 Å². The van der Waals surface area contributed by atoms with Crippen LogP contribution < -0.4 is 0 Å². The highest BCUT2D eigenvalue weighted by Crippen LogP contribution is 2.23. The number of hydrogen-bond donors (Lipinski definition) is 1. The lowest BCUT2D eigenvalue weighted by atomic mass is 10.1. The third-order valence-electron chi connectivity index (χ3n) is 3.90. The first-order valence-electron chi connectivity index (χ1n) is 8.04. The minimum atomic E-state index is 0.0320. The van der Waals surface area contributed by atoms with E-state index in [4.69, 9.17) is 0 Å². The van der Waals surface area contributed by atoms with Crippen molar-refractivity contribution in [3.63, 3.8) is 0 Å². The molecule has 0 aliphatic rings. The van der Waals surface area contributed by atoms with Crippen molar-refractivity contribution in [2.45, 2.75) is 19.6 Å². The fourth-order valence-electron chi connectivity index (χ4n) is 2.68. The van der Waals surface area contributed by atoms with Crippen LogP contribution in [-0.2, 0) is 19.6 Å². The summed E-state index contributed by atoms with van der Waals surface area (Å²) < 4.78 is 0. The Morgan fingerprint density at radius 1 is 0.840 bits per heavy atom. The lowest BCUT2D eigenvalue weighted by Crippen LogP contribution is -2.23. The molecule has 2 aromatic heterocycles. The van der Waals surface area contributed by atoms with Crippen LogP contribution >= 0.6 is 0 Å². The second-order valence-corrected chi connectivity index (χ2v) is 5.76. The Bertz CT molecular complexity index is 781. The van der Waals surface area contributed by atoms with E-state index >= 15 is 0 Å². The Morgan fingerprint density at radius 3 is 2.00 bits per heavy atom. The Balaban J connectivity index is 1.84. The van der Waals surface area contributed by atoms with Gasteiger partial charge in [-0.3, -0.25) is 19.7 Å². The molecule has 3 aromatic rings. The van der Waals surface area contributed by atoms with Crippen LogP contribution in [0.5, 0.6) is 5.75 Å². The van der Waals surface area contributed by atoms with Gasteiger partial charge in [0, 0.05) is 37.6 Å². The van der Waals surface area contributed by atoms with Crippen molar-refractivity contribution in [2.24, 2.45) is 0 Å². The second-order valence-electron chi connectivity index (χ2n) is 5.76. The van der Waals surface area contributed by atoms with Crippen LogP contribution in [0, 0.1) is 0 Å². The van der Waals surface area contributed by atoms with E-state index in [1.807, 2.05) is 42.5 Å². The molecular weight excluding hydrogens is 314 g/mol. The molecule has 0 atom stereocenters. The van der Waals surface area contributed by atoms with E-state index in [0.29, 0.717) is 37.0 Å². The van der Waals surface area contributed by atoms with E-state index in [2.05, 4.69) is 14.9 Å². The van der Waals surface area contributed by atoms with E-state index in [9.17, 15) is 9.90 Å². The van der Waals surface area contributed by atoms with Gasteiger partial charge in [0.15, 0.2) is 6.29 Å². The standard InChI is InChI=1S/C20H19N3O2/c24-15-17-7-5-6-16(20(17)25)12-23(13-18-8-1-3-10-21-18)14-19-9-2-4-11-22-19/h1-11,15,25H,12-14H2. The van der Waals surface area contributed by atoms with Crippen LogP contribution in [0.3, 0.4) is 0 Å². The average molecular weight is 333 g/mol. The molecule has 1 aromatic carbocycles. The number of aldehydes is 1. The molecule has 1 N–H and O–H groups in total. The number of phenolic OH excluding ortho intramolecular Hbond substituents is 1. The van der Waals surface area contributed by atoms with E-state index < -0.39 is 0 Å². The maximum atomic E-state index is 11.1. The zero-order valence-electron chi connectivity index (χ0n) is 13.7. The molecule has 5 nitrogen and oxygen atoms in total. The van der Waals surface area contributed by atoms with E-state index in [-0.39, 0.29) is 5.75 Å². The van der Waals surface area contributed by atoms with Gasteiger partial charge in [0.1, 0.15) is 5.75 Å². The van der Waals surface area contributed by atoms with Crippen LogP contribution in [-0.4, -0.2) is 26.3 Å². The zero-order chi connectivity index (χ0) is 17.5. The summed E-state index contributed by atoms with van der Waals surface area (Å²) in [7, 11) is 0. The lowest BCUT2D eigenvalue weighted by molar-refractivity contribution is 0.112. The van der Waals surface area contributed by atoms with E-state index in [1.165, 1.54) is 0 Å². The van der Waals surface area contributed by atoms with Gasteiger partial charge < -0.3 is 5.11 Å². The smallest absolute Gasteiger partial charge is 0.153 e. The molecule has 0 aliphatic heterocycles. The summed E-state index contributed by atoms with van der Waals surface area (Å²) in [6, 6.07) is 16.8. The summed E-state index contributed by atoms with van der Waals surface area (Å²) in [4.78, 5) is 21.9. The number of pyridine rings is 2. The number of rotatable bonds is 7. The average Bonchev–Trinajstić information content (AvgIpc) is 2.65. The molecule has 3 rings (SSSR count). The van der Waals surface area contributed by atoms with Crippen LogP contribution in [0.1, 0.15) is 27.3 Å². The number of para-hydroxylation sites is 1. The highest BCUT2D eigenvalue weighted by Gasteiger charge is 2.13. The molecule has 0 saturated carbocycles. The molecule has 5 heteroatoms. The molecule has 0 amide bonds. The molecule has 0 unspecified atom stereocenters. The van der Waals surface area contributed by atoms with Crippen molar-refractivity contribution in [2.75, 3.05) is 0 Å². The summed E-state index contributed by atoms with van der Waals surface area (Å²) in [5, 5.41) is 10.3. The quantitative estimate of drug-likeness (QED) is 0.673. The Hall–Kier alpha value is -3.05. The molecule has 126 valence electrons. The van der Waals surface area contributed by atoms with E-state index in [1.54, 1.807) is 24.5 Å². The minimum Gasteiger partial charge on any atom is -0.507 e. The normalized spacial score (nSPS) is 10.8. The molecule has 0 radical (unpaired) electrons. The van der Waals surface area contributed by atoms with Crippen LogP contribution in [0.15, 0.2) is 67.0 Å². The van der Waals surface area contributed by atoms with Crippen LogP contribution in [0.25, 0.3) is 0 Å². The monoisotopic (exact) mass is 333 g/mol. The molecule has 0 fully saturated rings. The zero-order valence-corrected chi connectivity index (χ0v) is 13.7. The summed E-state index contributed by atoms with van der Waals surface area (Å²) in [6.07, 6.45) is 4.19. The maximum absolute atomic E-state index is 11.1. The van der Waals surface area contributed by atoms with Crippen molar-refractivity contribution < 1.29 is 9.90 Å². The number of carbonyl (C=O) groups excluding carboxylic acids is 1. The fraction of sp³-hybridized carbons (Fsp3) is 0.150. The number of carbonyl (C=O) groups is 1. The topological polar surface area (TPSA) is 66.3 Å². The van der Waals surface area contributed by atoms with Gasteiger partial charge in [-0.25, -0.2) is 0 Å².